The van der Waals surface area contributed by atoms with Gasteiger partial charge >= 0.3 is 0 Å². The number of nitrogens with one attached hydrogen (secondary N) is 1. The first-order valence-corrected chi connectivity index (χ1v) is 8.27. The summed E-state index contributed by atoms with van der Waals surface area (Å²) in [6, 6.07) is 13.0. The highest BCUT2D eigenvalue weighted by Crippen LogP contribution is 2.32. The lowest BCUT2D eigenvalue weighted by atomic mass is 10.1. The van der Waals surface area contributed by atoms with Crippen LogP contribution >= 0.6 is 0 Å². The van der Waals surface area contributed by atoms with Gasteiger partial charge in [0.05, 0.1) is 18.5 Å². The van der Waals surface area contributed by atoms with Crippen LogP contribution in [-0.4, -0.2) is 26.7 Å². The van der Waals surface area contributed by atoms with Crippen LogP contribution in [0.15, 0.2) is 53.5 Å². The number of nitrogens with zero attached hydrogens (tertiary/aromatic N) is 3. The zero-order chi connectivity index (χ0) is 18.3. The Morgan fingerprint density at radius 3 is 2.65 bits per heavy atom. The van der Waals surface area contributed by atoms with E-state index in [2.05, 4.69) is 15.1 Å². The van der Waals surface area contributed by atoms with Gasteiger partial charge < -0.3 is 4.74 Å². The molecule has 0 fully saturated rings. The molecule has 0 unspecified atom stereocenters. The lowest BCUT2D eigenvalue weighted by Crippen LogP contribution is -2.14. The Morgan fingerprint density at radius 1 is 1.12 bits per heavy atom. The van der Waals surface area contributed by atoms with E-state index in [1.54, 1.807) is 13.3 Å². The molecule has 0 saturated heterocycles. The van der Waals surface area contributed by atoms with E-state index < -0.39 is 0 Å². The first-order chi connectivity index (χ1) is 12.6. The van der Waals surface area contributed by atoms with Crippen LogP contribution in [0.2, 0.25) is 0 Å². The molecule has 6 nitrogen and oxygen atoms in total. The number of rotatable bonds is 3. The van der Waals surface area contributed by atoms with E-state index in [9.17, 15) is 4.79 Å². The standard InChI is InChI=1S/C20H18N4O2/c1-12-8-9-14(11-21-12)16-10-18(25)24-20(22-16)13(2)19(23-24)15-6-4-5-7-17(15)26-3/h4-11,23H,1-3H3. The Morgan fingerprint density at radius 2 is 1.92 bits per heavy atom. The Hall–Kier alpha value is -3.41. The molecule has 0 bridgehead atoms. The second-order valence-corrected chi connectivity index (χ2v) is 6.14. The van der Waals surface area contributed by atoms with E-state index in [0.29, 0.717) is 11.3 Å². The lowest BCUT2D eigenvalue weighted by Gasteiger charge is -2.06. The smallest absolute Gasteiger partial charge is 0.273 e. The molecule has 0 radical (unpaired) electrons. The van der Waals surface area contributed by atoms with E-state index in [1.807, 2.05) is 50.2 Å². The maximum atomic E-state index is 12.6. The van der Waals surface area contributed by atoms with Crippen LogP contribution < -0.4 is 10.3 Å². The van der Waals surface area contributed by atoms with Crippen molar-refractivity contribution in [1.82, 2.24) is 19.6 Å². The fourth-order valence-electron chi connectivity index (χ4n) is 3.03. The van der Waals surface area contributed by atoms with Crippen LogP contribution in [0.1, 0.15) is 11.3 Å². The van der Waals surface area contributed by atoms with Gasteiger partial charge in [0.25, 0.3) is 5.56 Å². The molecule has 0 aliphatic rings. The Bertz CT molecular complexity index is 1160. The number of H-pyrrole nitrogens is 1. The maximum Gasteiger partial charge on any atom is 0.273 e. The fraction of sp³-hybridized carbons (Fsp3) is 0.150. The van der Waals surface area contributed by atoms with Gasteiger partial charge in [-0.2, -0.15) is 0 Å². The second kappa shape index (κ2) is 6.15. The Kier molecular flexibility index (Phi) is 3.80. The van der Waals surface area contributed by atoms with Gasteiger partial charge in [0.1, 0.15) is 5.75 Å². The van der Waals surface area contributed by atoms with Crippen molar-refractivity contribution < 1.29 is 4.74 Å². The van der Waals surface area contributed by atoms with Crippen LogP contribution in [-0.2, 0) is 0 Å². The summed E-state index contributed by atoms with van der Waals surface area (Å²) in [5, 5.41) is 3.16. The van der Waals surface area contributed by atoms with E-state index in [4.69, 9.17) is 4.74 Å². The van der Waals surface area contributed by atoms with Gasteiger partial charge in [0, 0.05) is 34.6 Å². The molecule has 0 atom stereocenters. The van der Waals surface area contributed by atoms with Crippen molar-refractivity contribution in [3.05, 3.63) is 70.3 Å². The number of aromatic nitrogens is 4. The van der Waals surface area contributed by atoms with Crippen LogP contribution in [0, 0.1) is 13.8 Å². The van der Waals surface area contributed by atoms with Crippen LogP contribution in [0.5, 0.6) is 5.75 Å². The molecule has 1 aromatic carbocycles. The number of fused-ring (bicyclic) bond motifs is 1. The molecular formula is C20H18N4O2. The number of benzene rings is 1. The normalized spacial score (nSPS) is 11.0. The monoisotopic (exact) mass is 346 g/mol. The minimum atomic E-state index is -0.171. The highest BCUT2D eigenvalue weighted by atomic mass is 16.5. The summed E-state index contributed by atoms with van der Waals surface area (Å²) in [7, 11) is 1.63. The average molecular weight is 346 g/mol. The first kappa shape index (κ1) is 16.1. The third-order valence-electron chi connectivity index (χ3n) is 4.44. The largest absolute Gasteiger partial charge is 0.496 e. The SMILES string of the molecule is COc1ccccc1-c1[nH]n2c(=O)cc(-c3ccc(C)nc3)nc2c1C. The summed E-state index contributed by atoms with van der Waals surface area (Å²) in [4.78, 5) is 21.6. The zero-order valence-electron chi connectivity index (χ0n) is 14.8. The second-order valence-electron chi connectivity index (χ2n) is 6.14. The molecule has 4 aromatic rings. The lowest BCUT2D eigenvalue weighted by molar-refractivity contribution is 0.416. The van der Waals surface area contributed by atoms with E-state index in [-0.39, 0.29) is 5.56 Å². The number of ether oxygens (including phenoxy) is 1. The molecule has 0 amide bonds. The molecule has 0 aliphatic carbocycles. The third-order valence-corrected chi connectivity index (χ3v) is 4.44. The predicted molar refractivity (Wildman–Crippen MR) is 101 cm³/mol. The van der Waals surface area contributed by atoms with Gasteiger partial charge in [-0.05, 0) is 38.1 Å². The number of para-hydroxylation sites is 1. The minimum Gasteiger partial charge on any atom is -0.496 e. The van der Waals surface area contributed by atoms with Crippen molar-refractivity contribution in [2.24, 2.45) is 0 Å². The van der Waals surface area contributed by atoms with Crippen LogP contribution in [0.3, 0.4) is 0 Å². The van der Waals surface area contributed by atoms with Crippen LogP contribution in [0.4, 0.5) is 0 Å². The zero-order valence-corrected chi connectivity index (χ0v) is 14.8. The topological polar surface area (TPSA) is 72.3 Å². The summed E-state index contributed by atoms with van der Waals surface area (Å²) in [6.07, 6.45) is 1.73. The van der Waals surface area contributed by atoms with Gasteiger partial charge in [-0.3, -0.25) is 14.9 Å². The summed E-state index contributed by atoms with van der Waals surface area (Å²) in [5.41, 5.74) is 5.34. The van der Waals surface area contributed by atoms with Crippen LogP contribution in [0.25, 0.3) is 28.2 Å². The molecule has 4 rings (SSSR count). The Balaban J connectivity index is 1.94. The van der Waals surface area contributed by atoms with Gasteiger partial charge in [-0.1, -0.05) is 12.1 Å². The molecule has 0 aliphatic heterocycles. The molecular weight excluding hydrogens is 328 g/mol. The van der Waals surface area contributed by atoms with Gasteiger partial charge in [-0.25, -0.2) is 9.50 Å². The fourth-order valence-corrected chi connectivity index (χ4v) is 3.03. The minimum absolute atomic E-state index is 0.171. The van der Waals surface area contributed by atoms with Gasteiger partial charge in [-0.15, -0.1) is 0 Å². The molecule has 1 N–H and O–H groups in total. The van der Waals surface area contributed by atoms with Crippen molar-refractivity contribution in [3.8, 4) is 28.3 Å². The molecule has 3 aromatic heterocycles. The number of hydrogen-bond acceptors (Lipinski definition) is 4. The number of aryl methyl sites for hydroxylation is 2. The number of hydrogen-bond donors (Lipinski definition) is 1. The number of aromatic amines is 1. The molecule has 0 spiro atoms. The maximum absolute atomic E-state index is 12.6. The summed E-state index contributed by atoms with van der Waals surface area (Å²) in [6.45, 7) is 3.86. The van der Waals surface area contributed by atoms with E-state index in [0.717, 1.165) is 33.8 Å². The third kappa shape index (κ3) is 2.56. The average Bonchev–Trinajstić information content (AvgIpc) is 2.99. The summed E-state index contributed by atoms with van der Waals surface area (Å²) >= 11 is 0. The summed E-state index contributed by atoms with van der Waals surface area (Å²) < 4.78 is 6.91. The van der Waals surface area contributed by atoms with Crippen molar-refractivity contribution in [1.29, 1.82) is 0 Å². The van der Waals surface area contributed by atoms with Crippen molar-refractivity contribution in [3.63, 3.8) is 0 Å². The van der Waals surface area contributed by atoms with E-state index in [1.165, 1.54) is 10.6 Å². The van der Waals surface area contributed by atoms with Gasteiger partial charge in [0.15, 0.2) is 5.65 Å². The highest BCUT2D eigenvalue weighted by molar-refractivity contribution is 5.75. The Labute approximate surface area is 150 Å². The first-order valence-electron chi connectivity index (χ1n) is 8.27. The van der Waals surface area contributed by atoms with Gasteiger partial charge in [0.2, 0.25) is 0 Å². The molecule has 3 heterocycles. The molecule has 6 heteroatoms. The van der Waals surface area contributed by atoms with Crippen molar-refractivity contribution in [2.45, 2.75) is 13.8 Å². The van der Waals surface area contributed by atoms with Crippen molar-refractivity contribution >= 4 is 5.65 Å². The molecule has 130 valence electrons. The molecule has 0 saturated carbocycles. The highest BCUT2D eigenvalue weighted by Gasteiger charge is 2.16. The molecule has 26 heavy (non-hydrogen) atoms. The number of methoxy groups -OCH3 is 1. The van der Waals surface area contributed by atoms with E-state index >= 15 is 0 Å². The quantitative estimate of drug-likeness (QED) is 0.617. The number of pyridine rings is 1. The summed E-state index contributed by atoms with van der Waals surface area (Å²) in [5.74, 6) is 0.734. The van der Waals surface area contributed by atoms with Crippen molar-refractivity contribution in [2.75, 3.05) is 7.11 Å². The predicted octanol–water partition coefficient (Wildman–Crippen LogP) is 3.38.